The highest BCUT2D eigenvalue weighted by molar-refractivity contribution is 7.99. The Hall–Kier alpha value is -2.12. The van der Waals surface area contributed by atoms with Gasteiger partial charge in [0, 0.05) is 43.2 Å². The van der Waals surface area contributed by atoms with Crippen molar-refractivity contribution >= 4 is 45.0 Å². The lowest BCUT2D eigenvalue weighted by molar-refractivity contribution is -0.131. The molecule has 0 bridgehead atoms. The van der Waals surface area contributed by atoms with Gasteiger partial charge < -0.3 is 9.80 Å². The van der Waals surface area contributed by atoms with Crippen molar-refractivity contribution in [2.75, 3.05) is 36.8 Å². The molecule has 5 nitrogen and oxygen atoms in total. The number of nitrogens with zero attached hydrogens (tertiary/aromatic N) is 4. The largest absolute Gasteiger partial charge is 0.352 e. The Morgan fingerprint density at radius 3 is 2.71 bits per heavy atom. The number of amides is 1. The second kappa shape index (κ2) is 8.49. The van der Waals surface area contributed by atoms with Crippen LogP contribution in [0.4, 0.5) is 5.82 Å². The first-order chi connectivity index (χ1) is 13.6. The van der Waals surface area contributed by atoms with E-state index in [-0.39, 0.29) is 5.91 Å². The molecule has 0 atom stereocenters. The number of anilines is 1. The van der Waals surface area contributed by atoms with Gasteiger partial charge in [-0.2, -0.15) is 0 Å². The molecule has 2 aromatic heterocycles. The summed E-state index contributed by atoms with van der Waals surface area (Å²) in [5.41, 5.74) is 2.61. The summed E-state index contributed by atoms with van der Waals surface area (Å²) >= 11 is 3.40. The van der Waals surface area contributed by atoms with Gasteiger partial charge in [0.05, 0.1) is 5.39 Å². The van der Waals surface area contributed by atoms with Crippen LogP contribution < -0.4 is 4.90 Å². The number of fused-ring (bicyclic) bond motifs is 1. The van der Waals surface area contributed by atoms with E-state index < -0.39 is 0 Å². The van der Waals surface area contributed by atoms with E-state index in [9.17, 15) is 4.79 Å². The zero-order valence-electron chi connectivity index (χ0n) is 16.2. The van der Waals surface area contributed by atoms with Gasteiger partial charge in [-0.15, -0.1) is 23.1 Å². The second-order valence-electron chi connectivity index (χ2n) is 7.05. The normalized spacial score (nSPS) is 14.6. The molecule has 3 aromatic rings. The molecule has 3 heterocycles. The maximum atomic E-state index is 12.6. The van der Waals surface area contributed by atoms with E-state index in [2.05, 4.69) is 58.4 Å². The second-order valence-corrected chi connectivity index (χ2v) is 9.11. The fourth-order valence-corrected chi connectivity index (χ4v) is 5.08. The molecule has 4 rings (SSSR count). The maximum absolute atomic E-state index is 12.6. The van der Waals surface area contributed by atoms with E-state index in [0.29, 0.717) is 6.42 Å². The zero-order chi connectivity index (χ0) is 19.5. The Kier molecular flexibility index (Phi) is 5.82. The van der Waals surface area contributed by atoms with Crippen LogP contribution >= 0.6 is 23.1 Å². The van der Waals surface area contributed by atoms with Gasteiger partial charge in [0.15, 0.2) is 0 Å². The van der Waals surface area contributed by atoms with E-state index in [1.165, 1.54) is 16.0 Å². The molecule has 0 aliphatic carbocycles. The van der Waals surface area contributed by atoms with Crippen molar-refractivity contribution in [2.45, 2.75) is 25.2 Å². The smallest absolute Gasteiger partial charge is 0.223 e. The third-order valence-electron chi connectivity index (χ3n) is 5.24. The van der Waals surface area contributed by atoms with Crippen molar-refractivity contribution in [3.63, 3.8) is 0 Å². The van der Waals surface area contributed by atoms with Gasteiger partial charge in [0.1, 0.15) is 17.0 Å². The number of rotatable bonds is 5. The summed E-state index contributed by atoms with van der Waals surface area (Å²) in [6.45, 7) is 7.39. The molecule has 1 amide bonds. The summed E-state index contributed by atoms with van der Waals surface area (Å²) in [5, 5.41) is 3.16. The number of hydrogen-bond donors (Lipinski definition) is 0. The first-order valence-electron chi connectivity index (χ1n) is 9.53. The van der Waals surface area contributed by atoms with Crippen LogP contribution in [-0.2, 0) is 4.79 Å². The van der Waals surface area contributed by atoms with Crippen molar-refractivity contribution < 1.29 is 4.79 Å². The Labute approximate surface area is 173 Å². The Morgan fingerprint density at radius 1 is 1.11 bits per heavy atom. The number of carbonyl (C=O) groups is 1. The summed E-state index contributed by atoms with van der Waals surface area (Å²) in [6.07, 6.45) is 2.22. The number of aromatic nitrogens is 2. The summed E-state index contributed by atoms with van der Waals surface area (Å²) in [7, 11) is 0. The van der Waals surface area contributed by atoms with Crippen LogP contribution in [-0.4, -0.2) is 52.7 Å². The molecule has 1 fully saturated rings. The number of benzene rings is 1. The van der Waals surface area contributed by atoms with Crippen molar-refractivity contribution in [3.8, 4) is 0 Å². The Bertz CT molecular complexity index is 979. The lowest BCUT2D eigenvalue weighted by Gasteiger charge is -2.35. The summed E-state index contributed by atoms with van der Waals surface area (Å²) in [6, 6.07) is 8.58. The van der Waals surface area contributed by atoms with Crippen molar-refractivity contribution in [3.05, 3.63) is 47.1 Å². The van der Waals surface area contributed by atoms with Crippen LogP contribution in [0.3, 0.4) is 0 Å². The van der Waals surface area contributed by atoms with Gasteiger partial charge >= 0.3 is 0 Å². The van der Waals surface area contributed by atoms with Gasteiger partial charge in [-0.3, -0.25) is 4.79 Å². The molecule has 1 aromatic carbocycles. The van der Waals surface area contributed by atoms with Crippen molar-refractivity contribution in [2.24, 2.45) is 0 Å². The third-order valence-corrected chi connectivity index (χ3v) is 7.05. The molecular formula is C21H24N4OS2. The third kappa shape index (κ3) is 4.15. The van der Waals surface area contributed by atoms with Crippen molar-refractivity contribution in [1.82, 2.24) is 14.9 Å². The molecule has 0 unspecified atom stereocenters. The van der Waals surface area contributed by atoms with Crippen LogP contribution in [0.5, 0.6) is 0 Å². The lowest BCUT2D eigenvalue weighted by atomic mass is 10.1. The zero-order valence-corrected chi connectivity index (χ0v) is 17.9. The van der Waals surface area contributed by atoms with Crippen LogP contribution in [0, 0.1) is 13.8 Å². The molecule has 0 saturated carbocycles. The van der Waals surface area contributed by atoms with E-state index >= 15 is 0 Å². The maximum Gasteiger partial charge on any atom is 0.223 e. The minimum atomic E-state index is 0.249. The number of thioether (sulfide) groups is 1. The van der Waals surface area contributed by atoms with E-state index in [1.807, 2.05) is 4.90 Å². The molecular weight excluding hydrogens is 388 g/mol. The topological polar surface area (TPSA) is 49.3 Å². The predicted octanol–water partition coefficient (Wildman–Crippen LogP) is 4.14. The summed E-state index contributed by atoms with van der Waals surface area (Å²) < 4.78 is 0. The van der Waals surface area contributed by atoms with E-state index in [0.717, 1.165) is 48.0 Å². The minimum Gasteiger partial charge on any atom is -0.352 e. The minimum absolute atomic E-state index is 0.249. The molecule has 28 heavy (non-hydrogen) atoms. The average Bonchev–Trinajstić information content (AvgIpc) is 3.19. The molecule has 0 radical (unpaired) electrons. The van der Waals surface area contributed by atoms with E-state index in [4.69, 9.17) is 0 Å². The number of aryl methyl sites for hydroxylation is 2. The predicted molar refractivity (Wildman–Crippen MR) is 117 cm³/mol. The molecule has 0 N–H and O–H groups in total. The van der Waals surface area contributed by atoms with Crippen molar-refractivity contribution in [1.29, 1.82) is 0 Å². The number of piperazine rings is 1. The molecule has 7 heteroatoms. The molecule has 146 valence electrons. The first kappa shape index (κ1) is 19.2. The van der Waals surface area contributed by atoms with Gasteiger partial charge in [0.2, 0.25) is 5.91 Å². The quantitative estimate of drug-likeness (QED) is 0.590. The standard InChI is InChI=1S/C21H24N4OS2/c1-15-3-4-17(13-16(15)2)27-12-6-19(26)24-7-9-25(10-8-24)20-18-5-11-28-21(18)23-14-22-20/h3-5,11,13-14H,6-10,12H2,1-2H3. The number of carbonyl (C=O) groups excluding carboxylic acids is 1. The Morgan fingerprint density at radius 2 is 1.93 bits per heavy atom. The summed E-state index contributed by atoms with van der Waals surface area (Å²) in [4.78, 5) is 27.9. The monoisotopic (exact) mass is 412 g/mol. The first-order valence-corrected chi connectivity index (χ1v) is 11.4. The molecule has 0 spiro atoms. The van der Waals surface area contributed by atoms with Gasteiger partial charge in [0.25, 0.3) is 0 Å². The highest BCUT2D eigenvalue weighted by Gasteiger charge is 2.23. The van der Waals surface area contributed by atoms with Crippen LogP contribution in [0.1, 0.15) is 17.5 Å². The summed E-state index contributed by atoms with van der Waals surface area (Å²) in [5.74, 6) is 2.06. The SMILES string of the molecule is Cc1ccc(SCCC(=O)N2CCN(c3ncnc4sccc34)CC2)cc1C. The van der Waals surface area contributed by atoms with Gasteiger partial charge in [-0.25, -0.2) is 9.97 Å². The highest BCUT2D eigenvalue weighted by atomic mass is 32.2. The van der Waals surface area contributed by atoms with Crippen LogP contribution in [0.15, 0.2) is 40.9 Å². The average molecular weight is 413 g/mol. The highest BCUT2D eigenvalue weighted by Crippen LogP contribution is 2.27. The van der Waals surface area contributed by atoms with Gasteiger partial charge in [-0.1, -0.05) is 6.07 Å². The number of thiophene rings is 1. The fraction of sp³-hybridized carbons (Fsp3) is 0.381. The molecule has 1 saturated heterocycles. The fourth-order valence-electron chi connectivity index (χ4n) is 3.41. The molecule has 1 aliphatic rings. The Balaban J connectivity index is 1.28. The lowest BCUT2D eigenvalue weighted by Crippen LogP contribution is -2.49. The van der Waals surface area contributed by atoms with Gasteiger partial charge in [-0.05, 0) is 48.6 Å². The van der Waals surface area contributed by atoms with E-state index in [1.54, 1.807) is 29.4 Å². The number of hydrogen-bond acceptors (Lipinski definition) is 6. The molecule has 1 aliphatic heterocycles. The van der Waals surface area contributed by atoms with Crippen LogP contribution in [0.25, 0.3) is 10.2 Å². The van der Waals surface area contributed by atoms with Crippen LogP contribution in [0.2, 0.25) is 0 Å².